The Morgan fingerprint density at radius 1 is 1.30 bits per heavy atom. The highest BCUT2D eigenvalue weighted by Gasteiger charge is 2.35. The molecule has 122 valence electrons. The molecule has 3 rings (SSSR count). The molecule has 0 atom stereocenters. The van der Waals surface area contributed by atoms with Crippen molar-refractivity contribution in [3.05, 3.63) is 29.6 Å². The predicted octanol–water partition coefficient (Wildman–Crippen LogP) is 2.23. The summed E-state index contributed by atoms with van der Waals surface area (Å²) in [4.78, 5) is 14.3. The van der Waals surface area contributed by atoms with Gasteiger partial charge in [-0.3, -0.25) is 4.79 Å². The Kier molecular flexibility index (Phi) is 4.49. The van der Waals surface area contributed by atoms with E-state index in [1.165, 1.54) is 6.07 Å². The van der Waals surface area contributed by atoms with Crippen molar-refractivity contribution in [2.75, 3.05) is 31.2 Å². The van der Waals surface area contributed by atoms with E-state index >= 15 is 0 Å². The van der Waals surface area contributed by atoms with Gasteiger partial charge in [-0.05, 0) is 43.9 Å². The van der Waals surface area contributed by atoms with Crippen LogP contribution in [0, 0.1) is 17.1 Å². The summed E-state index contributed by atoms with van der Waals surface area (Å²) in [6, 6.07) is 6.70. The number of amides is 1. The van der Waals surface area contributed by atoms with Crippen molar-refractivity contribution in [1.82, 2.24) is 5.32 Å². The zero-order chi connectivity index (χ0) is 16.3. The number of rotatable bonds is 3. The van der Waals surface area contributed by atoms with Crippen LogP contribution < -0.4 is 10.2 Å². The lowest BCUT2D eigenvalue weighted by atomic mass is 9.99. The molecular formula is C17H20FN3O2. The van der Waals surface area contributed by atoms with Crippen molar-refractivity contribution < 1.29 is 13.9 Å². The second-order valence-electron chi connectivity index (χ2n) is 6.12. The highest BCUT2D eigenvalue weighted by molar-refractivity contribution is 5.95. The fraction of sp³-hybridized carbons (Fsp3) is 0.529. The third-order valence-electron chi connectivity index (χ3n) is 4.59. The molecule has 0 spiro atoms. The van der Waals surface area contributed by atoms with E-state index in [1.807, 2.05) is 4.90 Å². The molecule has 1 amide bonds. The molecule has 0 unspecified atom stereocenters. The van der Waals surface area contributed by atoms with Gasteiger partial charge in [-0.15, -0.1) is 0 Å². The molecule has 2 aliphatic rings. The van der Waals surface area contributed by atoms with Gasteiger partial charge in [0.25, 0.3) is 5.91 Å². The summed E-state index contributed by atoms with van der Waals surface area (Å²) in [5.41, 5.74) is -0.0575. The standard InChI is InChI=1S/C17H20FN3O2/c18-14-11-13(3-4-15(14)21-7-9-23-10-8-21)16(22)20-17(12-19)5-1-2-6-17/h3-4,11H,1-2,5-10H2,(H,20,22). The molecular weight excluding hydrogens is 297 g/mol. The first-order valence-corrected chi connectivity index (χ1v) is 8.00. The van der Waals surface area contributed by atoms with E-state index in [0.29, 0.717) is 44.8 Å². The number of hydrogen-bond acceptors (Lipinski definition) is 4. The number of halogens is 1. The molecule has 1 aromatic carbocycles. The quantitative estimate of drug-likeness (QED) is 0.928. The Labute approximate surface area is 135 Å². The van der Waals surface area contributed by atoms with E-state index in [-0.39, 0.29) is 11.5 Å². The van der Waals surface area contributed by atoms with Gasteiger partial charge < -0.3 is 15.0 Å². The van der Waals surface area contributed by atoms with Crippen molar-refractivity contribution in [3.8, 4) is 6.07 Å². The Hall–Kier alpha value is -2.13. The van der Waals surface area contributed by atoms with Crippen molar-refractivity contribution in [3.63, 3.8) is 0 Å². The van der Waals surface area contributed by atoms with Crippen molar-refractivity contribution >= 4 is 11.6 Å². The molecule has 0 bridgehead atoms. The zero-order valence-electron chi connectivity index (χ0n) is 13.0. The lowest BCUT2D eigenvalue weighted by Gasteiger charge is -2.29. The molecule has 1 saturated heterocycles. The number of carbonyl (C=O) groups is 1. The predicted molar refractivity (Wildman–Crippen MR) is 83.7 cm³/mol. The first-order valence-electron chi connectivity index (χ1n) is 8.00. The second kappa shape index (κ2) is 6.55. The third kappa shape index (κ3) is 3.30. The molecule has 1 N–H and O–H groups in total. The minimum absolute atomic E-state index is 0.251. The van der Waals surface area contributed by atoms with Crippen LogP contribution >= 0.6 is 0 Å². The van der Waals surface area contributed by atoms with Crippen LogP contribution in [0.3, 0.4) is 0 Å². The monoisotopic (exact) mass is 317 g/mol. The van der Waals surface area contributed by atoms with E-state index in [1.54, 1.807) is 12.1 Å². The number of anilines is 1. The van der Waals surface area contributed by atoms with Gasteiger partial charge in [-0.25, -0.2) is 4.39 Å². The van der Waals surface area contributed by atoms with E-state index in [0.717, 1.165) is 12.8 Å². The fourth-order valence-corrected chi connectivity index (χ4v) is 3.24. The summed E-state index contributed by atoms with van der Waals surface area (Å²) in [5.74, 6) is -0.808. The Balaban J connectivity index is 1.74. The van der Waals surface area contributed by atoms with Crippen molar-refractivity contribution in [2.45, 2.75) is 31.2 Å². The first-order chi connectivity index (χ1) is 11.1. The lowest BCUT2D eigenvalue weighted by Crippen LogP contribution is -2.45. The van der Waals surface area contributed by atoms with Gasteiger partial charge in [0.15, 0.2) is 0 Å². The number of nitrogens with zero attached hydrogens (tertiary/aromatic N) is 2. The summed E-state index contributed by atoms with van der Waals surface area (Å²) in [6.07, 6.45) is 3.17. The Bertz CT molecular complexity index is 629. The van der Waals surface area contributed by atoms with E-state index in [9.17, 15) is 14.4 Å². The number of hydrogen-bond donors (Lipinski definition) is 1. The fourth-order valence-electron chi connectivity index (χ4n) is 3.24. The van der Waals surface area contributed by atoms with Crippen LogP contribution in [-0.4, -0.2) is 37.7 Å². The van der Waals surface area contributed by atoms with Gasteiger partial charge in [0.1, 0.15) is 11.4 Å². The van der Waals surface area contributed by atoms with Crippen LogP contribution in [0.4, 0.5) is 10.1 Å². The van der Waals surface area contributed by atoms with Crippen LogP contribution in [0.15, 0.2) is 18.2 Å². The summed E-state index contributed by atoms with van der Waals surface area (Å²) >= 11 is 0. The molecule has 1 aliphatic heterocycles. The van der Waals surface area contributed by atoms with Crippen molar-refractivity contribution in [2.24, 2.45) is 0 Å². The largest absolute Gasteiger partial charge is 0.378 e. The Morgan fingerprint density at radius 3 is 2.61 bits per heavy atom. The zero-order valence-corrected chi connectivity index (χ0v) is 13.0. The maximum absolute atomic E-state index is 14.4. The van der Waals surface area contributed by atoms with Gasteiger partial charge in [0.2, 0.25) is 0 Å². The van der Waals surface area contributed by atoms with Gasteiger partial charge in [-0.1, -0.05) is 0 Å². The van der Waals surface area contributed by atoms with E-state index in [4.69, 9.17) is 4.74 Å². The summed E-state index contributed by atoms with van der Waals surface area (Å²) in [6.45, 7) is 2.43. The molecule has 0 aromatic heterocycles. The first kappa shape index (κ1) is 15.8. The molecule has 23 heavy (non-hydrogen) atoms. The average molecular weight is 317 g/mol. The molecule has 6 heteroatoms. The third-order valence-corrected chi connectivity index (χ3v) is 4.59. The normalized spacial score (nSPS) is 20.1. The number of morpholine rings is 1. The van der Waals surface area contributed by atoms with Crippen LogP contribution in [0.5, 0.6) is 0 Å². The molecule has 1 heterocycles. The van der Waals surface area contributed by atoms with Gasteiger partial charge in [-0.2, -0.15) is 5.26 Å². The molecule has 1 aliphatic carbocycles. The summed E-state index contributed by atoms with van der Waals surface area (Å²) in [5, 5.41) is 12.1. The SMILES string of the molecule is N#CC1(NC(=O)c2ccc(N3CCOCC3)c(F)c2)CCCC1. The minimum atomic E-state index is -0.795. The number of ether oxygens (including phenoxy) is 1. The lowest BCUT2D eigenvalue weighted by molar-refractivity contribution is 0.0920. The van der Waals surface area contributed by atoms with Gasteiger partial charge in [0, 0.05) is 18.7 Å². The van der Waals surface area contributed by atoms with Crippen LogP contribution in [0.1, 0.15) is 36.0 Å². The highest BCUT2D eigenvalue weighted by atomic mass is 19.1. The molecule has 2 fully saturated rings. The van der Waals surface area contributed by atoms with E-state index in [2.05, 4.69) is 11.4 Å². The van der Waals surface area contributed by atoms with Crippen LogP contribution in [0.25, 0.3) is 0 Å². The maximum Gasteiger partial charge on any atom is 0.252 e. The van der Waals surface area contributed by atoms with Crippen LogP contribution in [0.2, 0.25) is 0 Å². The molecule has 5 nitrogen and oxygen atoms in total. The van der Waals surface area contributed by atoms with Crippen molar-refractivity contribution in [1.29, 1.82) is 5.26 Å². The van der Waals surface area contributed by atoms with Gasteiger partial charge >= 0.3 is 0 Å². The Morgan fingerprint density at radius 2 is 2.00 bits per heavy atom. The molecule has 1 aromatic rings. The number of nitrogens with one attached hydrogen (secondary N) is 1. The minimum Gasteiger partial charge on any atom is -0.378 e. The summed E-state index contributed by atoms with van der Waals surface area (Å²) in [7, 11) is 0. The number of nitriles is 1. The smallest absolute Gasteiger partial charge is 0.252 e. The van der Waals surface area contributed by atoms with Crippen LogP contribution in [-0.2, 0) is 4.74 Å². The molecule has 0 radical (unpaired) electrons. The summed E-state index contributed by atoms with van der Waals surface area (Å²) < 4.78 is 19.6. The topological polar surface area (TPSA) is 65.4 Å². The highest BCUT2D eigenvalue weighted by Crippen LogP contribution is 2.29. The van der Waals surface area contributed by atoms with E-state index < -0.39 is 11.4 Å². The maximum atomic E-state index is 14.4. The average Bonchev–Trinajstić information content (AvgIpc) is 3.04. The number of carbonyl (C=O) groups excluding carboxylic acids is 1. The number of benzene rings is 1. The second-order valence-corrected chi connectivity index (χ2v) is 6.12. The molecule has 1 saturated carbocycles. The van der Waals surface area contributed by atoms with Gasteiger partial charge in [0.05, 0.1) is 25.0 Å².